The number of rotatable bonds is 6. The van der Waals surface area contributed by atoms with Gasteiger partial charge in [0, 0.05) is 6.54 Å². The average Bonchev–Trinajstić information content (AvgIpc) is 2.73. The molecule has 0 spiro atoms. The van der Waals surface area contributed by atoms with Crippen molar-refractivity contribution in [2.75, 3.05) is 13.1 Å². The molecule has 1 aromatic carbocycles. The van der Waals surface area contributed by atoms with Crippen molar-refractivity contribution in [3.05, 3.63) is 34.3 Å². The third-order valence-electron chi connectivity index (χ3n) is 3.47. The molecule has 0 saturated heterocycles. The maximum Gasteiger partial charge on any atom is 0.417 e. The Morgan fingerprint density at radius 2 is 2.21 bits per heavy atom. The molecule has 0 aliphatic carbocycles. The number of hydrogen-bond donors (Lipinski definition) is 3. The number of H-pyrrole nitrogens is 1. The molecule has 0 saturated carbocycles. The predicted molar refractivity (Wildman–Crippen MR) is 75.9 cm³/mol. The monoisotopic (exact) mass is 263 g/mol. The van der Waals surface area contributed by atoms with Crippen molar-refractivity contribution in [1.82, 2.24) is 10.3 Å². The molecule has 104 valence electrons. The zero-order valence-electron chi connectivity index (χ0n) is 11.4. The van der Waals surface area contributed by atoms with Gasteiger partial charge in [0.2, 0.25) is 0 Å². The summed E-state index contributed by atoms with van der Waals surface area (Å²) in [5.41, 5.74) is 8.16. The fraction of sp³-hybridized carbons (Fsp3) is 0.500. The summed E-state index contributed by atoms with van der Waals surface area (Å²) in [5.74, 6) is 0.639. The van der Waals surface area contributed by atoms with Gasteiger partial charge in [-0.1, -0.05) is 19.9 Å². The number of hydrogen-bond acceptors (Lipinski definition) is 4. The van der Waals surface area contributed by atoms with E-state index >= 15 is 0 Å². The van der Waals surface area contributed by atoms with Gasteiger partial charge in [-0.2, -0.15) is 0 Å². The molecule has 19 heavy (non-hydrogen) atoms. The minimum atomic E-state index is -0.414. The number of aromatic nitrogens is 1. The van der Waals surface area contributed by atoms with Crippen LogP contribution >= 0.6 is 0 Å². The first-order valence-electron chi connectivity index (χ1n) is 6.62. The molecule has 1 aromatic heterocycles. The van der Waals surface area contributed by atoms with Gasteiger partial charge < -0.3 is 15.5 Å². The van der Waals surface area contributed by atoms with Gasteiger partial charge in [0.1, 0.15) is 0 Å². The number of benzene rings is 1. The number of aromatic amines is 1. The standard InChI is InChI=1S/C14H21N3O2/c1-9(2)11(6-15)8-16-7-10-3-4-12-13(5-10)19-14(18)17-12/h3-5,9,11,16H,6-8,15H2,1-2H3,(H,17,18). The van der Waals surface area contributed by atoms with Crippen molar-refractivity contribution in [1.29, 1.82) is 0 Å². The van der Waals surface area contributed by atoms with Crippen LogP contribution in [0, 0.1) is 11.8 Å². The van der Waals surface area contributed by atoms with E-state index in [0.29, 0.717) is 24.0 Å². The molecule has 1 heterocycles. The van der Waals surface area contributed by atoms with Gasteiger partial charge in [0.25, 0.3) is 0 Å². The lowest BCUT2D eigenvalue weighted by Crippen LogP contribution is -2.31. The zero-order chi connectivity index (χ0) is 13.8. The van der Waals surface area contributed by atoms with Gasteiger partial charge in [-0.3, -0.25) is 4.98 Å². The highest BCUT2D eigenvalue weighted by atomic mass is 16.4. The molecule has 2 aromatic rings. The first-order chi connectivity index (χ1) is 9.10. The highest BCUT2D eigenvalue weighted by Gasteiger charge is 2.10. The minimum absolute atomic E-state index is 0.414. The van der Waals surface area contributed by atoms with Crippen LogP contribution in [0.3, 0.4) is 0 Å². The Labute approximate surface area is 112 Å². The van der Waals surface area contributed by atoms with Crippen LogP contribution in [0.25, 0.3) is 11.1 Å². The summed E-state index contributed by atoms with van der Waals surface area (Å²) >= 11 is 0. The van der Waals surface area contributed by atoms with Gasteiger partial charge >= 0.3 is 5.76 Å². The van der Waals surface area contributed by atoms with E-state index in [1.165, 1.54) is 0 Å². The molecule has 4 N–H and O–H groups in total. The molecule has 5 nitrogen and oxygen atoms in total. The van der Waals surface area contributed by atoms with Crippen molar-refractivity contribution in [2.45, 2.75) is 20.4 Å². The predicted octanol–water partition coefficient (Wildman–Crippen LogP) is 1.44. The highest BCUT2D eigenvalue weighted by Crippen LogP contribution is 2.13. The first kappa shape index (κ1) is 13.8. The fourth-order valence-electron chi connectivity index (χ4n) is 2.09. The second kappa shape index (κ2) is 6.04. The summed E-state index contributed by atoms with van der Waals surface area (Å²) in [5, 5.41) is 3.40. The summed E-state index contributed by atoms with van der Waals surface area (Å²) in [7, 11) is 0. The van der Waals surface area contributed by atoms with E-state index in [4.69, 9.17) is 10.2 Å². The van der Waals surface area contributed by atoms with Crippen molar-refractivity contribution in [2.24, 2.45) is 17.6 Å². The van der Waals surface area contributed by atoms with E-state index in [0.717, 1.165) is 24.2 Å². The fourth-order valence-corrected chi connectivity index (χ4v) is 2.09. The van der Waals surface area contributed by atoms with E-state index in [9.17, 15) is 4.79 Å². The summed E-state index contributed by atoms with van der Waals surface area (Å²) < 4.78 is 5.04. The maximum atomic E-state index is 11.1. The Balaban J connectivity index is 1.96. The van der Waals surface area contributed by atoms with Crippen molar-refractivity contribution in [3.8, 4) is 0 Å². The quantitative estimate of drug-likeness (QED) is 0.736. The Morgan fingerprint density at radius 1 is 1.42 bits per heavy atom. The van der Waals surface area contributed by atoms with Crippen LogP contribution in [0.4, 0.5) is 0 Å². The molecule has 1 atom stereocenters. The van der Waals surface area contributed by atoms with Crippen LogP contribution in [0.5, 0.6) is 0 Å². The molecule has 0 amide bonds. The topological polar surface area (TPSA) is 84.0 Å². The van der Waals surface area contributed by atoms with Gasteiger partial charge in [-0.15, -0.1) is 0 Å². The van der Waals surface area contributed by atoms with E-state index in [1.807, 2.05) is 18.2 Å². The minimum Gasteiger partial charge on any atom is -0.408 e. The molecule has 0 bridgehead atoms. The number of fused-ring (bicyclic) bond motifs is 1. The lowest BCUT2D eigenvalue weighted by Gasteiger charge is -2.19. The lowest BCUT2D eigenvalue weighted by molar-refractivity contribution is 0.370. The Kier molecular flexibility index (Phi) is 4.39. The van der Waals surface area contributed by atoms with Crippen molar-refractivity contribution >= 4 is 11.1 Å². The van der Waals surface area contributed by atoms with Crippen LogP contribution in [0.15, 0.2) is 27.4 Å². The zero-order valence-corrected chi connectivity index (χ0v) is 11.4. The molecule has 2 rings (SSSR count). The van der Waals surface area contributed by atoms with Crippen LogP contribution in [-0.4, -0.2) is 18.1 Å². The SMILES string of the molecule is CC(C)C(CN)CNCc1ccc2[nH]c(=O)oc2c1. The van der Waals surface area contributed by atoms with Crippen LogP contribution in [-0.2, 0) is 6.54 Å². The molecule has 0 radical (unpaired) electrons. The van der Waals surface area contributed by atoms with E-state index < -0.39 is 5.76 Å². The molecule has 0 aliphatic heterocycles. The Morgan fingerprint density at radius 3 is 2.89 bits per heavy atom. The molecule has 5 heteroatoms. The Hall–Kier alpha value is -1.59. The molecule has 0 fully saturated rings. The Bertz CT molecular complexity index is 586. The van der Waals surface area contributed by atoms with Crippen molar-refractivity contribution in [3.63, 3.8) is 0 Å². The molecule has 0 aliphatic rings. The highest BCUT2D eigenvalue weighted by molar-refractivity contribution is 5.72. The second-order valence-electron chi connectivity index (χ2n) is 5.22. The number of oxazole rings is 1. The summed E-state index contributed by atoms with van der Waals surface area (Å²) in [4.78, 5) is 13.7. The van der Waals surface area contributed by atoms with Crippen LogP contribution in [0.1, 0.15) is 19.4 Å². The summed E-state index contributed by atoms with van der Waals surface area (Å²) in [6.07, 6.45) is 0. The summed E-state index contributed by atoms with van der Waals surface area (Å²) in [6, 6.07) is 5.72. The lowest BCUT2D eigenvalue weighted by atomic mass is 9.96. The normalized spacial score (nSPS) is 13.3. The van der Waals surface area contributed by atoms with Crippen molar-refractivity contribution < 1.29 is 4.42 Å². The van der Waals surface area contributed by atoms with Gasteiger partial charge in [-0.05, 0) is 42.6 Å². The van der Waals surface area contributed by atoms with Crippen LogP contribution in [0.2, 0.25) is 0 Å². The number of nitrogens with two attached hydrogens (primary N) is 1. The van der Waals surface area contributed by atoms with E-state index in [1.54, 1.807) is 0 Å². The van der Waals surface area contributed by atoms with E-state index in [2.05, 4.69) is 24.1 Å². The third-order valence-corrected chi connectivity index (χ3v) is 3.47. The van der Waals surface area contributed by atoms with Gasteiger partial charge in [-0.25, -0.2) is 4.79 Å². The smallest absolute Gasteiger partial charge is 0.408 e. The van der Waals surface area contributed by atoms with Gasteiger partial charge in [0.15, 0.2) is 5.58 Å². The molecule has 1 unspecified atom stereocenters. The molecular formula is C14H21N3O2. The van der Waals surface area contributed by atoms with E-state index in [-0.39, 0.29) is 0 Å². The molecular weight excluding hydrogens is 242 g/mol. The number of nitrogens with one attached hydrogen (secondary N) is 2. The summed E-state index contributed by atoms with van der Waals surface area (Å²) in [6.45, 7) is 6.69. The average molecular weight is 263 g/mol. The largest absolute Gasteiger partial charge is 0.417 e. The van der Waals surface area contributed by atoms with Crippen LogP contribution < -0.4 is 16.8 Å². The second-order valence-corrected chi connectivity index (χ2v) is 5.22. The van der Waals surface area contributed by atoms with Gasteiger partial charge in [0.05, 0.1) is 5.52 Å². The first-order valence-corrected chi connectivity index (χ1v) is 6.62. The maximum absolute atomic E-state index is 11.1. The third kappa shape index (κ3) is 3.45.